The highest BCUT2D eigenvalue weighted by Crippen LogP contribution is 2.06. The highest BCUT2D eigenvalue weighted by atomic mass is 16.2. The zero-order chi connectivity index (χ0) is 10.8. The van der Waals surface area contributed by atoms with Crippen LogP contribution in [0.4, 0.5) is 0 Å². The van der Waals surface area contributed by atoms with Gasteiger partial charge in [0.05, 0.1) is 6.42 Å². The summed E-state index contributed by atoms with van der Waals surface area (Å²) in [6.45, 7) is 1.70. The van der Waals surface area contributed by atoms with Crippen molar-refractivity contribution in [3.05, 3.63) is 0 Å². The van der Waals surface area contributed by atoms with Gasteiger partial charge >= 0.3 is 0 Å². The van der Waals surface area contributed by atoms with E-state index in [0.29, 0.717) is 6.42 Å². The molecule has 3 nitrogen and oxygen atoms in total. The Balaban J connectivity index is 3.19. The first kappa shape index (κ1) is 13.3. The maximum absolute atomic E-state index is 11.1. The van der Waals surface area contributed by atoms with Crippen LogP contribution in [0, 0.1) is 0 Å². The van der Waals surface area contributed by atoms with Gasteiger partial charge in [-0.15, -0.1) is 0 Å². The molecule has 0 heterocycles. The van der Waals surface area contributed by atoms with Gasteiger partial charge in [0.25, 0.3) is 0 Å². The maximum Gasteiger partial charge on any atom is 0.140 e. The SMILES string of the molecule is CC(=O)CC(=O)CCCCCCCO. The van der Waals surface area contributed by atoms with Gasteiger partial charge in [-0.1, -0.05) is 19.3 Å². The van der Waals surface area contributed by atoms with Crippen LogP contribution in [0.3, 0.4) is 0 Å². The van der Waals surface area contributed by atoms with Crippen LogP contribution in [0.15, 0.2) is 0 Å². The molecule has 82 valence electrons. The van der Waals surface area contributed by atoms with Crippen molar-refractivity contribution in [1.29, 1.82) is 0 Å². The van der Waals surface area contributed by atoms with Crippen molar-refractivity contribution in [2.75, 3.05) is 6.61 Å². The Hall–Kier alpha value is -0.700. The molecule has 0 spiro atoms. The molecular weight excluding hydrogens is 180 g/mol. The topological polar surface area (TPSA) is 54.4 Å². The lowest BCUT2D eigenvalue weighted by atomic mass is 10.1. The number of carbonyl (C=O) groups is 2. The zero-order valence-electron chi connectivity index (χ0n) is 8.92. The Morgan fingerprint density at radius 3 is 2.14 bits per heavy atom. The molecule has 0 aliphatic heterocycles. The number of carbonyl (C=O) groups excluding carboxylic acids is 2. The summed E-state index contributed by atoms with van der Waals surface area (Å²) in [6.07, 6.45) is 5.45. The quantitative estimate of drug-likeness (QED) is 0.456. The fourth-order valence-electron chi connectivity index (χ4n) is 1.33. The second kappa shape index (κ2) is 8.88. The van der Waals surface area contributed by atoms with Gasteiger partial charge in [0.15, 0.2) is 0 Å². The molecule has 0 aromatic heterocycles. The van der Waals surface area contributed by atoms with E-state index in [-0.39, 0.29) is 24.6 Å². The first-order chi connectivity index (χ1) is 6.66. The highest BCUT2D eigenvalue weighted by molar-refractivity contribution is 5.97. The van der Waals surface area contributed by atoms with Crippen LogP contribution < -0.4 is 0 Å². The smallest absolute Gasteiger partial charge is 0.140 e. The predicted octanol–water partition coefficient (Wildman–Crippen LogP) is 1.87. The molecular formula is C11H20O3. The average Bonchev–Trinajstić information content (AvgIpc) is 2.10. The number of unbranched alkanes of at least 4 members (excludes halogenated alkanes) is 4. The molecule has 0 bridgehead atoms. The van der Waals surface area contributed by atoms with Crippen molar-refractivity contribution in [2.24, 2.45) is 0 Å². The van der Waals surface area contributed by atoms with Gasteiger partial charge < -0.3 is 5.11 Å². The molecule has 0 aliphatic rings. The van der Waals surface area contributed by atoms with E-state index in [4.69, 9.17) is 5.11 Å². The first-order valence-electron chi connectivity index (χ1n) is 5.29. The van der Waals surface area contributed by atoms with Gasteiger partial charge in [0, 0.05) is 13.0 Å². The summed E-state index contributed by atoms with van der Waals surface area (Å²) in [7, 11) is 0. The van der Waals surface area contributed by atoms with E-state index in [9.17, 15) is 9.59 Å². The zero-order valence-corrected chi connectivity index (χ0v) is 8.92. The lowest BCUT2D eigenvalue weighted by Crippen LogP contribution is -2.03. The molecule has 0 aliphatic carbocycles. The van der Waals surface area contributed by atoms with E-state index < -0.39 is 0 Å². The molecule has 0 aromatic rings. The number of Topliss-reactive ketones (excluding diaryl/α,β-unsaturated/α-hetero) is 2. The Labute approximate surface area is 85.5 Å². The molecule has 1 N–H and O–H groups in total. The van der Waals surface area contributed by atoms with E-state index in [1.807, 2.05) is 0 Å². The number of aliphatic hydroxyl groups excluding tert-OH is 1. The van der Waals surface area contributed by atoms with Crippen molar-refractivity contribution >= 4 is 11.6 Å². The third kappa shape index (κ3) is 9.39. The van der Waals surface area contributed by atoms with Crippen molar-refractivity contribution in [2.45, 2.75) is 51.9 Å². The minimum absolute atomic E-state index is 0.0460. The second-order valence-electron chi connectivity index (χ2n) is 3.66. The van der Waals surface area contributed by atoms with Crippen molar-refractivity contribution in [3.63, 3.8) is 0 Å². The normalized spacial score (nSPS) is 10.1. The number of aliphatic hydroxyl groups is 1. The van der Waals surface area contributed by atoms with Crippen LogP contribution in [0.25, 0.3) is 0 Å². The first-order valence-corrected chi connectivity index (χ1v) is 5.29. The molecule has 0 fully saturated rings. The van der Waals surface area contributed by atoms with Crippen LogP contribution in [-0.2, 0) is 9.59 Å². The third-order valence-corrected chi connectivity index (χ3v) is 2.06. The van der Waals surface area contributed by atoms with Crippen LogP contribution in [0.1, 0.15) is 51.9 Å². The van der Waals surface area contributed by atoms with E-state index in [0.717, 1.165) is 32.1 Å². The van der Waals surface area contributed by atoms with Gasteiger partial charge in [-0.3, -0.25) is 9.59 Å². The number of hydrogen-bond donors (Lipinski definition) is 1. The fourth-order valence-corrected chi connectivity index (χ4v) is 1.33. The largest absolute Gasteiger partial charge is 0.396 e. The van der Waals surface area contributed by atoms with Crippen molar-refractivity contribution < 1.29 is 14.7 Å². The summed E-state index contributed by atoms with van der Waals surface area (Å²) in [5, 5.41) is 8.52. The molecule has 3 heteroatoms. The summed E-state index contributed by atoms with van der Waals surface area (Å²) in [6, 6.07) is 0. The minimum atomic E-state index is -0.0460. The lowest BCUT2D eigenvalue weighted by Gasteiger charge is -1.99. The lowest BCUT2D eigenvalue weighted by molar-refractivity contribution is -0.125. The fraction of sp³-hybridized carbons (Fsp3) is 0.818. The summed E-state index contributed by atoms with van der Waals surface area (Å²) in [5.74, 6) is 0.00920. The van der Waals surface area contributed by atoms with Crippen LogP contribution in [0.5, 0.6) is 0 Å². The molecule has 0 atom stereocenters. The van der Waals surface area contributed by atoms with Gasteiger partial charge in [0.1, 0.15) is 11.6 Å². The Kier molecular flexibility index (Phi) is 8.43. The van der Waals surface area contributed by atoms with Crippen molar-refractivity contribution in [3.8, 4) is 0 Å². The molecule has 0 radical (unpaired) electrons. The van der Waals surface area contributed by atoms with E-state index in [1.165, 1.54) is 6.92 Å². The number of rotatable bonds is 9. The van der Waals surface area contributed by atoms with E-state index >= 15 is 0 Å². The van der Waals surface area contributed by atoms with Crippen LogP contribution in [0.2, 0.25) is 0 Å². The standard InChI is InChI=1S/C11H20O3/c1-10(13)9-11(14)7-5-3-2-4-6-8-12/h12H,2-9H2,1H3. The van der Waals surface area contributed by atoms with Gasteiger partial charge in [0.2, 0.25) is 0 Å². The maximum atomic E-state index is 11.1. The third-order valence-electron chi connectivity index (χ3n) is 2.06. The van der Waals surface area contributed by atoms with Gasteiger partial charge in [-0.05, 0) is 19.8 Å². The average molecular weight is 200 g/mol. The molecule has 0 aromatic carbocycles. The van der Waals surface area contributed by atoms with Gasteiger partial charge in [-0.2, -0.15) is 0 Å². The summed E-state index contributed by atoms with van der Waals surface area (Å²) < 4.78 is 0. The Morgan fingerprint density at radius 2 is 1.57 bits per heavy atom. The summed E-state index contributed by atoms with van der Waals surface area (Å²) in [5.41, 5.74) is 0. The highest BCUT2D eigenvalue weighted by Gasteiger charge is 2.04. The van der Waals surface area contributed by atoms with E-state index in [1.54, 1.807) is 0 Å². The van der Waals surface area contributed by atoms with Gasteiger partial charge in [-0.25, -0.2) is 0 Å². The molecule has 0 amide bonds. The summed E-state index contributed by atoms with van der Waals surface area (Å²) >= 11 is 0. The minimum Gasteiger partial charge on any atom is -0.396 e. The van der Waals surface area contributed by atoms with E-state index in [2.05, 4.69) is 0 Å². The number of hydrogen-bond acceptors (Lipinski definition) is 3. The molecule has 0 rings (SSSR count). The molecule has 0 unspecified atom stereocenters. The Morgan fingerprint density at radius 1 is 1.00 bits per heavy atom. The second-order valence-corrected chi connectivity index (χ2v) is 3.66. The molecule has 0 saturated carbocycles. The Bertz CT molecular complexity index is 175. The number of ketones is 2. The van der Waals surface area contributed by atoms with Crippen LogP contribution in [-0.4, -0.2) is 23.3 Å². The predicted molar refractivity (Wildman–Crippen MR) is 55.1 cm³/mol. The van der Waals surface area contributed by atoms with Crippen molar-refractivity contribution in [1.82, 2.24) is 0 Å². The molecule has 14 heavy (non-hydrogen) atoms. The molecule has 0 saturated heterocycles. The summed E-state index contributed by atoms with van der Waals surface area (Å²) in [4.78, 5) is 21.7. The van der Waals surface area contributed by atoms with Crippen LogP contribution >= 0.6 is 0 Å². The monoisotopic (exact) mass is 200 g/mol.